The van der Waals surface area contributed by atoms with E-state index < -0.39 is 35.2 Å². The van der Waals surface area contributed by atoms with E-state index in [4.69, 9.17) is 11.6 Å². The lowest BCUT2D eigenvalue weighted by atomic mass is 9.89. The van der Waals surface area contributed by atoms with Crippen molar-refractivity contribution >= 4 is 46.9 Å². The first-order chi connectivity index (χ1) is 15.2. The molecule has 0 aliphatic carbocycles. The summed E-state index contributed by atoms with van der Waals surface area (Å²) in [4.78, 5) is 62.9. The number of imide groups is 2. The molecule has 164 valence electrons. The molecule has 2 heterocycles. The van der Waals surface area contributed by atoms with Crippen LogP contribution in [0, 0.1) is 0 Å². The number of anilines is 1. The van der Waals surface area contributed by atoms with E-state index in [1.165, 1.54) is 19.1 Å². The largest absolute Gasteiger partial charge is 0.334 e. The van der Waals surface area contributed by atoms with Gasteiger partial charge in [-0.1, -0.05) is 17.7 Å². The van der Waals surface area contributed by atoms with Crippen LogP contribution in [0.1, 0.15) is 46.0 Å². The van der Waals surface area contributed by atoms with Gasteiger partial charge < -0.3 is 10.6 Å². The van der Waals surface area contributed by atoms with E-state index in [-0.39, 0.29) is 30.5 Å². The topological polar surface area (TPSA) is 125 Å². The Labute approximate surface area is 188 Å². The number of benzene rings is 2. The molecule has 0 bridgehead atoms. The van der Waals surface area contributed by atoms with Crippen molar-refractivity contribution in [3.05, 3.63) is 64.2 Å². The van der Waals surface area contributed by atoms with Gasteiger partial charge in [-0.3, -0.25) is 29.4 Å². The molecule has 0 saturated carbocycles. The fraction of sp³-hybridized carbons (Fsp3) is 0.227. The molecule has 0 aromatic heterocycles. The third-order valence-corrected chi connectivity index (χ3v) is 5.83. The van der Waals surface area contributed by atoms with Gasteiger partial charge in [0.05, 0.1) is 11.1 Å². The van der Waals surface area contributed by atoms with E-state index in [2.05, 4.69) is 16.0 Å². The second-order valence-corrected chi connectivity index (χ2v) is 8.23. The number of carbonyl (C=O) groups excluding carboxylic acids is 5. The zero-order valence-corrected chi connectivity index (χ0v) is 17.8. The van der Waals surface area contributed by atoms with Gasteiger partial charge in [-0.05, 0) is 55.3 Å². The maximum atomic E-state index is 13.0. The molecule has 0 radical (unpaired) electrons. The van der Waals surface area contributed by atoms with E-state index in [1.54, 1.807) is 30.3 Å². The normalized spacial score (nSPS) is 20.1. The number of halogens is 1. The summed E-state index contributed by atoms with van der Waals surface area (Å²) in [6, 6.07) is 10.8. The third kappa shape index (κ3) is 3.82. The number of nitrogens with one attached hydrogen (secondary N) is 3. The molecule has 0 spiro atoms. The summed E-state index contributed by atoms with van der Waals surface area (Å²) in [7, 11) is 0. The van der Waals surface area contributed by atoms with Gasteiger partial charge in [0.25, 0.3) is 17.7 Å². The number of nitrogens with zero attached hydrogens (tertiary/aromatic N) is 1. The van der Waals surface area contributed by atoms with Gasteiger partial charge in [-0.15, -0.1) is 0 Å². The van der Waals surface area contributed by atoms with E-state index in [0.29, 0.717) is 16.3 Å². The molecule has 2 aliphatic rings. The predicted molar refractivity (Wildman–Crippen MR) is 115 cm³/mol. The standard InChI is InChI=1S/C22H19ClN4O5/c1-22(9-8-17(28)26-20(22)31)27-18(29)15-7-2-12(10-16(15)19(27)30)11-24-21(32)25-14-5-3-13(23)4-6-14/h2-7,10H,8-9,11H2,1H3,(H2,24,25,32)(H,26,28,31). The van der Waals surface area contributed by atoms with Gasteiger partial charge in [-0.2, -0.15) is 0 Å². The highest BCUT2D eigenvalue weighted by atomic mass is 35.5. The highest BCUT2D eigenvalue weighted by molar-refractivity contribution is 6.30. The lowest BCUT2D eigenvalue weighted by Crippen LogP contribution is -2.62. The second-order valence-electron chi connectivity index (χ2n) is 7.79. The first-order valence-electron chi connectivity index (χ1n) is 9.85. The zero-order chi connectivity index (χ0) is 23.0. The molecule has 2 aliphatic heterocycles. The fourth-order valence-corrected chi connectivity index (χ4v) is 3.87. The molecule has 4 rings (SSSR count). The van der Waals surface area contributed by atoms with E-state index >= 15 is 0 Å². The number of urea groups is 1. The van der Waals surface area contributed by atoms with Crippen molar-refractivity contribution in [1.29, 1.82) is 0 Å². The average molecular weight is 455 g/mol. The molecule has 10 heteroatoms. The predicted octanol–water partition coefficient (Wildman–Crippen LogP) is 2.45. The Morgan fingerprint density at radius 2 is 1.75 bits per heavy atom. The van der Waals surface area contributed by atoms with Crippen LogP contribution in [-0.2, 0) is 16.1 Å². The summed E-state index contributed by atoms with van der Waals surface area (Å²) in [6.45, 7) is 1.58. The Bertz CT molecular complexity index is 1160. The van der Waals surface area contributed by atoms with Gasteiger partial charge in [0, 0.05) is 23.7 Å². The van der Waals surface area contributed by atoms with Crippen molar-refractivity contribution < 1.29 is 24.0 Å². The number of rotatable bonds is 4. The van der Waals surface area contributed by atoms with Crippen molar-refractivity contribution in [2.75, 3.05) is 5.32 Å². The van der Waals surface area contributed by atoms with Crippen LogP contribution >= 0.6 is 11.6 Å². The monoisotopic (exact) mass is 454 g/mol. The van der Waals surface area contributed by atoms with Crippen LogP contribution in [0.25, 0.3) is 0 Å². The van der Waals surface area contributed by atoms with Crippen LogP contribution in [0.4, 0.5) is 10.5 Å². The summed E-state index contributed by atoms with van der Waals surface area (Å²) in [5.74, 6) is -2.31. The van der Waals surface area contributed by atoms with Crippen molar-refractivity contribution in [3.63, 3.8) is 0 Å². The molecule has 1 unspecified atom stereocenters. The molecule has 9 nitrogen and oxygen atoms in total. The van der Waals surface area contributed by atoms with Crippen LogP contribution in [0.2, 0.25) is 5.02 Å². The molecule has 2 aromatic carbocycles. The van der Waals surface area contributed by atoms with Gasteiger partial charge in [-0.25, -0.2) is 4.79 Å². The number of amides is 6. The average Bonchev–Trinajstić information content (AvgIpc) is 3.01. The lowest BCUT2D eigenvalue weighted by molar-refractivity contribution is -0.140. The molecule has 6 amide bonds. The summed E-state index contributed by atoms with van der Waals surface area (Å²) in [5, 5.41) is 8.09. The first-order valence-corrected chi connectivity index (χ1v) is 10.2. The smallest absolute Gasteiger partial charge is 0.319 e. The fourth-order valence-electron chi connectivity index (χ4n) is 3.74. The summed E-state index contributed by atoms with van der Waals surface area (Å²) in [6.07, 6.45) is 0.0932. The number of piperidine rings is 1. The van der Waals surface area contributed by atoms with Crippen molar-refractivity contribution in [2.45, 2.75) is 31.8 Å². The van der Waals surface area contributed by atoms with Gasteiger partial charge in [0.15, 0.2) is 0 Å². The molecular formula is C22H19ClN4O5. The molecule has 3 N–H and O–H groups in total. The Kier molecular flexibility index (Phi) is 5.43. The minimum atomic E-state index is -1.45. The lowest BCUT2D eigenvalue weighted by Gasteiger charge is -2.38. The maximum Gasteiger partial charge on any atom is 0.319 e. The van der Waals surface area contributed by atoms with Crippen LogP contribution in [0.5, 0.6) is 0 Å². The van der Waals surface area contributed by atoms with Crippen molar-refractivity contribution in [1.82, 2.24) is 15.5 Å². The van der Waals surface area contributed by atoms with Gasteiger partial charge >= 0.3 is 6.03 Å². The first kappa shape index (κ1) is 21.5. The summed E-state index contributed by atoms with van der Waals surface area (Å²) in [5.41, 5.74) is 0.0487. The zero-order valence-electron chi connectivity index (χ0n) is 17.0. The molecule has 1 fully saturated rings. The maximum absolute atomic E-state index is 13.0. The minimum Gasteiger partial charge on any atom is -0.334 e. The summed E-state index contributed by atoms with van der Waals surface area (Å²) < 4.78 is 0. The second kappa shape index (κ2) is 8.08. The van der Waals surface area contributed by atoms with E-state index in [1.807, 2.05) is 0 Å². The number of carbonyl (C=O) groups is 5. The van der Waals surface area contributed by atoms with Crippen molar-refractivity contribution in [3.8, 4) is 0 Å². The van der Waals surface area contributed by atoms with E-state index in [9.17, 15) is 24.0 Å². The third-order valence-electron chi connectivity index (χ3n) is 5.58. The van der Waals surface area contributed by atoms with Crippen LogP contribution < -0.4 is 16.0 Å². The van der Waals surface area contributed by atoms with E-state index in [0.717, 1.165) is 4.90 Å². The number of fused-ring (bicyclic) bond motifs is 1. The van der Waals surface area contributed by atoms with Crippen molar-refractivity contribution in [2.24, 2.45) is 0 Å². The Hall–Kier alpha value is -3.72. The number of hydrogen-bond acceptors (Lipinski definition) is 5. The van der Waals surface area contributed by atoms with Crippen LogP contribution in [-0.4, -0.2) is 40.1 Å². The number of hydrogen-bond donors (Lipinski definition) is 3. The summed E-state index contributed by atoms with van der Waals surface area (Å²) >= 11 is 5.82. The highest BCUT2D eigenvalue weighted by Gasteiger charge is 2.52. The Morgan fingerprint density at radius 1 is 1.06 bits per heavy atom. The quantitative estimate of drug-likeness (QED) is 0.612. The molecule has 32 heavy (non-hydrogen) atoms. The van der Waals surface area contributed by atoms with Gasteiger partial charge in [0.2, 0.25) is 5.91 Å². The molecule has 2 aromatic rings. The Morgan fingerprint density at radius 3 is 2.44 bits per heavy atom. The SMILES string of the molecule is CC1(N2C(=O)c3ccc(CNC(=O)Nc4ccc(Cl)cc4)cc3C2=O)CCC(=O)NC1=O. The van der Waals surface area contributed by atoms with Crippen LogP contribution in [0.3, 0.4) is 0 Å². The minimum absolute atomic E-state index is 0.0353. The molecule has 1 atom stereocenters. The highest BCUT2D eigenvalue weighted by Crippen LogP contribution is 2.34. The Balaban J connectivity index is 1.47. The molecular weight excluding hydrogens is 436 g/mol. The molecule has 1 saturated heterocycles. The van der Waals surface area contributed by atoms with Crippen LogP contribution in [0.15, 0.2) is 42.5 Å². The van der Waals surface area contributed by atoms with Gasteiger partial charge in [0.1, 0.15) is 5.54 Å².